The molecule has 4 nitrogen and oxygen atoms in total. The molecule has 1 saturated heterocycles. The summed E-state index contributed by atoms with van der Waals surface area (Å²) in [4.78, 5) is 0. The largest absolute Gasteiger partial charge is 0.386 e. The molecule has 0 aliphatic carbocycles. The van der Waals surface area contributed by atoms with Gasteiger partial charge in [-0.2, -0.15) is 5.10 Å². The molecule has 0 aromatic carbocycles. The quantitative estimate of drug-likeness (QED) is 0.828. The van der Waals surface area contributed by atoms with Gasteiger partial charge in [-0.3, -0.25) is 4.68 Å². The molecule has 0 spiro atoms. The summed E-state index contributed by atoms with van der Waals surface area (Å²) < 4.78 is 2.62. The van der Waals surface area contributed by atoms with Crippen molar-refractivity contribution in [3.05, 3.63) is 16.4 Å². The molecule has 1 aromatic rings. The van der Waals surface area contributed by atoms with Crippen molar-refractivity contribution in [2.24, 2.45) is 13.0 Å². The molecule has 2 atom stereocenters. The summed E-state index contributed by atoms with van der Waals surface area (Å²) in [5, 5.41) is 17.5. The van der Waals surface area contributed by atoms with Gasteiger partial charge in [0.05, 0.1) is 16.4 Å². The van der Waals surface area contributed by atoms with Gasteiger partial charge in [-0.05, 0) is 28.9 Å². The van der Waals surface area contributed by atoms with E-state index in [9.17, 15) is 5.11 Å². The molecular weight excluding hydrogens is 246 g/mol. The second-order valence-corrected chi connectivity index (χ2v) is 4.55. The van der Waals surface area contributed by atoms with Crippen molar-refractivity contribution in [3.63, 3.8) is 0 Å². The fourth-order valence-electron chi connectivity index (χ4n) is 1.92. The van der Waals surface area contributed by atoms with E-state index < -0.39 is 6.10 Å². The second-order valence-electron chi connectivity index (χ2n) is 3.70. The van der Waals surface area contributed by atoms with E-state index in [1.165, 1.54) is 0 Å². The van der Waals surface area contributed by atoms with Crippen molar-refractivity contribution in [2.75, 3.05) is 13.1 Å². The van der Waals surface area contributed by atoms with Gasteiger partial charge in [0.15, 0.2) is 0 Å². The Morgan fingerprint density at radius 2 is 2.57 bits per heavy atom. The Labute approximate surface area is 91.4 Å². The van der Waals surface area contributed by atoms with Gasteiger partial charge >= 0.3 is 0 Å². The third-order valence-corrected chi connectivity index (χ3v) is 3.37. The Bertz CT molecular complexity index is 300. The second kappa shape index (κ2) is 4.00. The van der Waals surface area contributed by atoms with Crippen LogP contribution in [0.5, 0.6) is 0 Å². The standard InChI is InChI=1S/C9H14BrN3O/c1-13-8(7(10)5-12-13)9(14)6-2-3-11-4-6/h5-6,9,11,14H,2-4H2,1H3/t6-,9?/m0/s1. The van der Waals surface area contributed by atoms with E-state index in [1.807, 2.05) is 7.05 Å². The number of hydrogen-bond acceptors (Lipinski definition) is 3. The van der Waals surface area contributed by atoms with Gasteiger partial charge in [-0.1, -0.05) is 0 Å². The lowest BCUT2D eigenvalue weighted by molar-refractivity contribution is 0.109. The van der Waals surface area contributed by atoms with Crippen molar-refractivity contribution >= 4 is 15.9 Å². The molecular formula is C9H14BrN3O. The van der Waals surface area contributed by atoms with Gasteiger partial charge in [-0.25, -0.2) is 0 Å². The van der Waals surface area contributed by atoms with E-state index in [0.29, 0.717) is 5.92 Å². The number of aliphatic hydroxyl groups is 1. The normalized spacial score (nSPS) is 24.1. The molecule has 1 aliphatic heterocycles. The van der Waals surface area contributed by atoms with E-state index >= 15 is 0 Å². The van der Waals surface area contributed by atoms with Crippen LogP contribution in [-0.4, -0.2) is 28.0 Å². The number of halogens is 1. The summed E-state index contributed by atoms with van der Waals surface area (Å²) in [5.74, 6) is 0.307. The fraction of sp³-hybridized carbons (Fsp3) is 0.667. The Morgan fingerprint density at radius 1 is 1.79 bits per heavy atom. The molecule has 0 amide bonds. The minimum absolute atomic E-state index is 0.307. The minimum atomic E-state index is -0.424. The third kappa shape index (κ3) is 1.71. The first-order valence-corrected chi connectivity index (χ1v) is 5.55. The highest BCUT2D eigenvalue weighted by molar-refractivity contribution is 9.10. The lowest BCUT2D eigenvalue weighted by Gasteiger charge is -2.17. The van der Waals surface area contributed by atoms with Crippen LogP contribution in [-0.2, 0) is 7.05 Å². The summed E-state index contributed by atoms with van der Waals surface area (Å²) in [6, 6.07) is 0. The molecule has 14 heavy (non-hydrogen) atoms. The van der Waals surface area contributed by atoms with Gasteiger partial charge < -0.3 is 10.4 Å². The number of aliphatic hydroxyl groups excluding tert-OH is 1. The van der Waals surface area contributed by atoms with E-state index in [-0.39, 0.29) is 0 Å². The molecule has 2 rings (SSSR count). The van der Waals surface area contributed by atoms with Gasteiger partial charge in [0.1, 0.15) is 6.10 Å². The average molecular weight is 260 g/mol. The first-order chi connectivity index (χ1) is 6.70. The highest BCUT2D eigenvalue weighted by Gasteiger charge is 2.27. The molecule has 1 unspecified atom stereocenters. The van der Waals surface area contributed by atoms with E-state index in [4.69, 9.17) is 0 Å². The molecule has 78 valence electrons. The zero-order chi connectivity index (χ0) is 10.1. The third-order valence-electron chi connectivity index (χ3n) is 2.76. The van der Waals surface area contributed by atoms with Crippen LogP contribution in [0.2, 0.25) is 0 Å². The number of rotatable bonds is 2. The lowest BCUT2D eigenvalue weighted by Crippen LogP contribution is -2.18. The summed E-state index contributed by atoms with van der Waals surface area (Å²) >= 11 is 3.40. The molecule has 0 saturated carbocycles. The van der Waals surface area contributed by atoms with Gasteiger partial charge in [-0.15, -0.1) is 0 Å². The van der Waals surface area contributed by atoms with E-state index in [2.05, 4.69) is 26.3 Å². The zero-order valence-corrected chi connectivity index (χ0v) is 9.66. The predicted molar refractivity (Wildman–Crippen MR) is 56.8 cm³/mol. The minimum Gasteiger partial charge on any atom is -0.386 e. The van der Waals surface area contributed by atoms with Crippen LogP contribution in [0.1, 0.15) is 18.2 Å². The van der Waals surface area contributed by atoms with Gasteiger partial charge in [0, 0.05) is 19.5 Å². The van der Waals surface area contributed by atoms with Crippen LogP contribution in [0.25, 0.3) is 0 Å². The monoisotopic (exact) mass is 259 g/mol. The van der Waals surface area contributed by atoms with Crippen molar-refractivity contribution in [2.45, 2.75) is 12.5 Å². The van der Waals surface area contributed by atoms with Crippen LogP contribution >= 0.6 is 15.9 Å². The van der Waals surface area contributed by atoms with Crippen molar-refractivity contribution in [3.8, 4) is 0 Å². The summed E-state index contributed by atoms with van der Waals surface area (Å²) in [6.45, 7) is 1.88. The van der Waals surface area contributed by atoms with E-state index in [0.717, 1.165) is 29.7 Å². The SMILES string of the molecule is Cn1ncc(Br)c1C(O)[C@H]1CCNC1. The molecule has 2 N–H and O–H groups in total. The first-order valence-electron chi connectivity index (χ1n) is 4.76. The Morgan fingerprint density at radius 3 is 3.07 bits per heavy atom. The molecule has 2 heterocycles. The van der Waals surface area contributed by atoms with Crippen molar-refractivity contribution < 1.29 is 5.11 Å². The Balaban J connectivity index is 2.21. The highest BCUT2D eigenvalue weighted by atomic mass is 79.9. The van der Waals surface area contributed by atoms with Gasteiger partial charge in [0.25, 0.3) is 0 Å². The molecule has 1 aromatic heterocycles. The van der Waals surface area contributed by atoms with Crippen LogP contribution < -0.4 is 5.32 Å². The molecule has 0 radical (unpaired) electrons. The number of nitrogens with one attached hydrogen (secondary N) is 1. The predicted octanol–water partition coefficient (Wildman–Crippen LogP) is 0.826. The summed E-state index contributed by atoms with van der Waals surface area (Å²) in [7, 11) is 1.85. The molecule has 5 heteroatoms. The average Bonchev–Trinajstić information content (AvgIpc) is 2.75. The first kappa shape index (κ1) is 10.1. The van der Waals surface area contributed by atoms with Crippen LogP contribution in [0.4, 0.5) is 0 Å². The van der Waals surface area contributed by atoms with Crippen molar-refractivity contribution in [1.82, 2.24) is 15.1 Å². The van der Waals surface area contributed by atoms with E-state index in [1.54, 1.807) is 10.9 Å². The Kier molecular flexibility index (Phi) is 2.90. The highest BCUT2D eigenvalue weighted by Crippen LogP contribution is 2.30. The molecule has 1 aliphatic rings. The molecule has 0 bridgehead atoms. The Hall–Kier alpha value is -0.390. The maximum atomic E-state index is 10.1. The number of aryl methyl sites for hydroxylation is 1. The summed E-state index contributed by atoms with van der Waals surface area (Å²) in [5.41, 5.74) is 0.874. The van der Waals surface area contributed by atoms with Crippen LogP contribution in [0.15, 0.2) is 10.7 Å². The lowest BCUT2D eigenvalue weighted by atomic mass is 9.99. The summed E-state index contributed by atoms with van der Waals surface area (Å²) in [6.07, 6.45) is 2.33. The maximum absolute atomic E-state index is 10.1. The topological polar surface area (TPSA) is 50.1 Å². The van der Waals surface area contributed by atoms with Crippen molar-refractivity contribution in [1.29, 1.82) is 0 Å². The maximum Gasteiger partial charge on any atom is 0.101 e. The smallest absolute Gasteiger partial charge is 0.101 e. The zero-order valence-electron chi connectivity index (χ0n) is 8.07. The molecule has 1 fully saturated rings. The van der Waals surface area contributed by atoms with Crippen LogP contribution in [0, 0.1) is 5.92 Å². The fourth-order valence-corrected chi connectivity index (χ4v) is 2.51. The van der Waals surface area contributed by atoms with Gasteiger partial charge in [0.2, 0.25) is 0 Å². The van der Waals surface area contributed by atoms with Crippen LogP contribution in [0.3, 0.4) is 0 Å². The number of hydrogen-bond donors (Lipinski definition) is 2. The number of aromatic nitrogens is 2. The number of nitrogens with zero attached hydrogens (tertiary/aromatic N) is 2.